The summed E-state index contributed by atoms with van der Waals surface area (Å²) in [6.07, 6.45) is 4.26. The maximum absolute atomic E-state index is 12.1. The molecule has 2 unspecified atom stereocenters. The number of aliphatic hydroxyl groups is 1. The molecule has 136 valence electrons. The summed E-state index contributed by atoms with van der Waals surface area (Å²) in [5, 5.41) is 16.1. The maximum Gasteiger partial charge on any atom is 0.220 e. The van der Waals surface area contributed by atoms with Crippen molar-refractivity contribution in [3.05, 3.63) is 35.9 Å². The third kappa shape index (κ3) is 7.65. The molecule has 1 aromatic rings. The van der Waals surface area contributed by atoms with E-state index < -0.39 is 0 Å². The molecule has 5 heteroatoms. The van der Waals surface area contributed by atoms with Crippen LogP contribution in [-0.2, 0) is 4.79 Å². The summed E-state index contributed by atoms with van der Waals surface area (Å²) in [4.78, 5) is 12.1. The minimum atomic E-state index is -0.369. The van der Waals surface area contributed by atoms with Gasteiger partial charge in [0, 0.05) is 18.9 Å². The van der Waals surface area contributed by atoms with Gasteiger partial charge in [-0.2, -0.15) is 0 Å². The Morgan fingerprint density at radius 1 is 1.29 bits per heavy atom. The van der Waals surface area contributed by atoms with E-state index in [2.05, 4.69) is 22.8 Å². The van der Waals surface area contributed by atoms with Gasteiger partial charge in [-0.15, -0.1) is 12.4 Å². The van der Waals surface area contributed by atoms with Gasteiger partial charge in [0.05, 0.1) is 6.10 Å². The number of carbonyl (C=O) groups is 1. The van der Waals surface area contributed by atoms with Gasteiger partial charge >= 0.3 is 0 Å². The van der Waals surface area contributed by atoms with Crippen LogP contribution < -0.4 is 10.6 Å². The van der Waals surface area contributed by atoms with Crippen molar-refractivity contribution in [3.8, 4) is 0 Å². The minimum Gasteiger partial charge on any atom is -0.393 e. The highest BCUT2D eigenvalue weighted by molar-refractivity contribution is 5.85. The van der Waals surface area contributed by atoms with Crippen LogP contribution in [0.1, 0.15) is 50.5 Å². The largest absolute Gasteiger partial charge is 0.393 e. The van der Waals surface area contributed by atoms with Crippen LogP contribution in [0.2, 0.25) is 0 Å². The zero-order valence-electron chi connectivity index (χ0n) is 14.5. The van der Waals surface area contributed by atoms with Crippen molar-refractivity contribution in [1.29, 1.82) is 0 Å². The molecule has 0 saturated carbocycles. The fourth-order valence-corrected chi connectivity index (χ4v) is 3.31. The molecule has 0 aromatic heterocycles. The van der Waals surface area contributed by atoms with Crippen molar-refractivity contribution in [2.75, 3.05) is 19.6 Å². The monoisotopic (exact) mass is 354 g/mol. The van der Waals surface area contributed by atoms with Gasteiger partial charge in [0.25, 0.3) is 0 Å². The molecule has 0 aliphatic carbocycles. The van der Waals surface area contributed by atoms with Crippen molar-refractivity contribution >= 4 is 18.3 Å². The van der Waals surface area contributed by atoms with E-state index in [9.17, 15) is 9.90 Å². The molecule has 4 nitrogen and oxygen atoms in total. The van der Waals surface area contributed by atoms with Gasteiger partial charge in [0.15, 0.2) is 0 Å². The van der Waals surface area contributed by atoms with Crippen molar-refractivity contribution in [1.82, 2.24) is 10.6 Å². The smallest absolute Gasteiger partial charge is 0.220 e. The number of piperidine rings is 1. The second-order valence-electron chi connectivity index (χ2n) is 6.73. The van der Waals surface area contributed by atoms with Crippen LogP contribution in [0.3, 0.4) is 0 Å². The first-order valence-corrected chi connectivity index (χ1v) is 8.85. The molecule has 1 saturated heterocycles. The van der Waals surface area contributed by atoms with E-state index >= 15 is 0 Å². The van der Waals surface area contributed by atoms with Crippen molar-refractivity contribution in [2.45, 2.75) is 51.0 Å². The Bertz CT molecular complexity index is 462. The Hall–Kier alpha value is -1.10. The fraction of sp³-hybridized carbons (Fsp3) is 0.632. The molecule has 1 heterocycles. The van der Waals surface area contributed by atoms with E-state index in [1.807, 2.05) is 18.2 Å². The first-order valence-electron chi connectivity index (χ1n) is 8.85. The predicted octanol–water partition coefficient (Wildman–Crippen LogP) is 2.86. The van der Waals surface area contributed by atoms with E-state index in [1.54, 1.807) is 6.92 Å². The van der Waals surface area contributed by atoms with Crippen molar-refractivity contribution in [3.63, 3.8) is 0 Å². The van der Waals surface area contributed by atoms with Gasteiger partial charge in [-0.3, -0.25) is 4.79 Å². The van der Waals surface area contributed by atoms with Crippen LogP contribution >= 0.6 is 12.4 Å². The number of benzene rings is 1. The fourth-order valence-electron chi connectivity index (χ4n) is 3.31. The number of aliphatic hydroxyl groups excluding tert-OH is 1. The van der Waals surface area contributed by atoms with Gasteiger partial charge < -0.3 is 15.7 Å². The van der Waals surface area contributed by atoms with Crippen LogP contribution in [-0.4, -0.2) is 36.8 Å². The van der Waals surface area contributed by atoms with Gasteiger partial charge in [-0.1, -0.05) is 30.3 Å². The van der Waals surface area contributed by atoms with E-state index in [0.29, 0.717) is 25.3 Å². The minimum absolute atomic E-state index is 0. The summed E-state index contributed by atoms with van der Waals surface area (Å²) in [5.74, 6) is 0.985. The van der Waals surface area contributed by atoms with Gasteiger partial charge in [0.1, 0.15) is 0 Å². The molecule has 0 radical (unpaired) electrons. The number of amides is 1. The molecule has 2 rings (SSSR count). The Balaban J connectivity index is 0.00000288. The van der Waals surface area contributed by atoms with Gasteiger partial charge in [0.2, 0.25) is 5.91 Å². The quantitative estimate of drug-likeness (QED) is 0.672. The number of hydrogen-bond acceptors (Lipinski definition) is 3. The highest BCUT2D eigenvalue weighted by Gasteiger charge is 2.17. The first-order chi connectivity index (χ1) is 11.1. The summed E-state index contributed by atoms with van der Waals surface area (Å²) in [5.41, 5.74) is 1.17. The van der Waals surface area contributed by atoms with Crippen LogP contribution in [0.5, 0.6) is 0 Å². The molecule has 1 amide bonds. The summed E-state index contributed by atoms with van der Waals surface area (Å²) >= 11 is 0. The highest BCUT2D eigenvalue weighted by Crippen LogP contribution is 2.21. The van der Waals surface area contributed by atoms with Crippen LogP contribution in [0.4, 0.5) is 0 Å². The van der Waals surface area contributed by atoms with Gasteiger partial charge in [-0.25, -0.2) is 0 Å². The third-order valence-electron chi connectivity index (χ3n) is 4.68. The Labute approximate surface area is 151 Å². The molecule has 1 aliphatic heterocycles. The second kappa shape index (κ2) is 11.5. The normalized spacial score (nSPS) is 17.6. The number of nitrogens with one attached hydrogen (secondary N) is 2. The topological polar surface area (TPSA) is 61.4 Å². The average molecular weight is 355 g/mol. The lowest BCUT2D eigenvalue weighted by Crippen LogP contribution is -2.31. The molecule has 1 fully saturated rings. The zero-order chi connectivity index (χ0) is 16.5. The molecule has 1 aliphatic rings. The zero-order valence-corrected chi connectivity index (χ0v) is 15.4. The average Bonchev–Trinajstić information content (AvgIpc) is 2.58. The number of hydrogen-bond donors (Lipinski definition) is 3. The summed E-state index contributed by atoms with van der Waals surface area (Å²) in [7, 11) is 0. The molecule has 0 spiro atoms. The molecule has 0 bridgehead atoms. The highest BCUT2D eigenvalue weighted by atomic mass is 35.5. The SMILES string of the molecule is CC(O)CC(CNC(=O)CCC1CCNCC1)c1ccccc1.Cl. The molecule has 2 atom stereocenters. The Kier molecular flexibility index (Phi) is 9.99. The molecule has 1 aromatic carbocycles. The molecular weight excluding hydrogens is 324 g/mol. The van der Waals surface area contributed by atoms with E-state index in [-0.39, 0.29) is 30.3 Å². The van der Waals surface area contributed by atoms with Crippen molar-refractivity contribution < 1.29 is 9.90 Å². The standard InChI is InChI=1S/C19H30N2O2.ClH/c1-15(22)13-18(17-5-3-2-4-6-17)14-21-19(23)8-7-16-9-11-20-12-10-16;/h2-6,15-16,18,20,22H,7-14H2,1H3,(H,21,23);1H. The molecule has 24 heavy (non-hydrogen) atoms. The maximum atomic E-state index is 12.1. The number of carbonyl (C=O) groups excluding carboxylic acids is 1. The molecule has 3 N–H and O–H groups in total. The third-order valence-corrected chi connectivity index (χ3v) is 4.68. The summed E-state index contributed by atoms with van der Waals surface area (Å²) in [6.45, 7) is 4.56. The Morgan fingerprint density at radius 2 is 1.96 bits per heavy atom. The van der Waals surface area contributed by atoms with Crippen LogP contribution in [0.25, 0.3) is 0 Å². The van der Waals surface area contributed by atoms with Crippen molar-refractivity contribution in [2.24, 2.45) is 5.92 Å². The van der Waals surface area contributed by atoms with Crippen LogP contribution in [0.15, 0.2) is 30.3 Å². The summed E-state index contributed by atoms with van der Waals surface area (Å²) in [6, 6.07) is 10.1. The van der Waals surface area contributed by atoms with E-state index in [4.69, 9.17) is 0 Å². The summed E-state index contributed by atoms with van der Waals surface area (Å²) < 4.78 is 0. The lowest BCUT2D eigenvalue weighted by atomic mass is 9.92. The first kappa shape index (κ1) is 20.9. The lowest BCUT2D eigenvalue weighted by Gasteiger charge is -2.23. The second-order valence-corrected chi connectivity index (χ2v) is 6.73. The predicted molar refractivity (Wildman–Crippen MR) is 101 cm³/mol. The number of halogens is 1. The Morgan fingerprint density at radius 3 is 2.58 bits per heavy atom. The number of rotatable bonds is 8. The van der Waals surface area contributed by atoms with E-state index in [0.717, 1.165) is 19.5 Å². The lowest BCUT2D eigenvalue weighted by molar-refractivity contribution is -0.121. The van der Waals surface area contributed by atoms with Crippen LogP contribution in [0, 0.1) is 5.92 Å². The van der Waals surface area contributed by atoms with Gasteiger partial charge in [-0.05, 0) is 57.2 Å². The van der Waals surface area contributed by atoms with E-state index in [1.165, 1.54) is 18.4 Å². The molecular formula is C19H31ClN2O2.